The Labute approximate surface area is 157 Å². The van der Waals surface area contributed by atoms with Crippen molar-refractivity contribution in [2.75, 3.05) is 7.11 Å². The Hall–Kier alpha value is -0.570. The van der Waals surface area contributed by atoms with Gasteiger partial charge in [-0.2, -0.15) is 0 Å². The minimum atomic E-state index is -0.0873. The number of hydrogen-bond acceptors (Lipinski definition) is 3. The smallest absolute Gasteiger partial charge is 0.302 e. The number of fused-ring (bicyclic) bond motifs is 2. The summed E-state index contributed by atoms with van der Waals surface area (Å²) in [7, 11) is 1.97. The van der Waals surface area contributed by atoms with Crippen molar-refractivity contribution in [3.05, 3.63) is 0 Å². The van der Waals surface area contributed by atoms with E-state index in [1.165, 1.54) is 44.9 Å². The molecule has 3 heteroatoms. The van der Waals surface area contributed by atoms with Gasteiger partial charge in [0.25, 0.3) is 0 Å². The number of carbonyl (C=O) groups excluding carboxylic acids is 1. The van der Waals surface area contributed by atoms with Gasteiger partial charge in [0.05, 0.1) is 6.10 Å². The van der Waals surface area contributed by atoms with E-state index in [4.69, 9.17) is 9.47 Å². The zero-order chi connectivity index (χ0) is 18.1. The van der Waals surface area contributed by atoms with Crippen LogP contribution in [0.2, 0.25) is 0 Å². The average molecular weight is 359 g/mol. The van der Waals surface area contributed by atoms with Gasteiger partial charge in [-0.25, -0.2) is 0 Å². The fourth-order valence-corrected chi connectivity index (χ4v) is 10.1. The van der Waals surface area contributed by atoms with Crippen molar-refractivity contribution in [1.29, 1.82) is 0 Å². The molecule has 6 saturated carbocycles. The van der Waals surface area contributed by atoms with Crippen molar-refractivity contribution in [3.8, 4) is 0 Å². The highest BCUT2D eigenvalue weighted by Gasteiger charge is 2.84. The Kier molecular flexibility index (Phi) is 2.85. The molecule has 6 rings (SSSR count). The van der Waals surface area contributed by atoms with E-state index in [2.05, 4.69) is 13.8 Å². The summed E-state index contributed by atoms with van der Waals surface area (Å²) < 4.78 is 12.1. The summed E-state index contributed by atoms with van der Waals surface area (Å²) >= 11 is 0. The standard InChI is InChI=1S/C23H34O3/c1-13(24)26-18-9-15-12-22(15)17-10-19(25-4)23-11-14(23)5-7-20(23,2)16(17)6-8-21(18,22)3/h14-19H,5-12H2,1-4H3/t14-,15+,16-,17+,18-,19+,20+,21+,22-,23-/m0/s1. The van der Waals surface area contributed by atoms with Gasteiger partial charge in [-0.05, 0) is 85.9 Å². The van der Waals surface area contributed by atoms with Crippen LogP contribution in [0.3, 0.4) is 0 Å². The van der Waals surface area contributed by atoms with Crippen LogP contribution >= 0.6 is 0 Å². The highest BCUT2D eigenvalue weighted by Crippen LogP contribution is 2.87. The highest BCUT2D eigenvalue weighted by molar-refractivity contribution is 5.66. The Morgan fingerprint density at radius 3 is 2.31 bits per heavy atom. The SMILES string of the molecule is CO[C@@H]1C[C@@H]2[C@H](CC[C@]3(C)[C@@H](OC(C)=O)C[C@@H]4C[C@]423)[C@@]2(C)CC[C@H]3C[C@]312. The van der Waals surface area contributed by atoms with Crippen LogP contribution in [0.25, 0.3) is 0 Å². The molecule has 26 heavy (non-hydrogen) atoms. The second-order valence-corrected chi connectivity index (χ2v) is 11.3. The maximum absolute atomic E-state index is 11.7. The topological polar surface area (TPSA) is 35.5 Å². The lowest BCUT2D eigenvalue weighted by atomic mass is 9.44. The number of esters is 1. The first-order valence-corrected chi connectivity index (χ1v) is 11.0. The van der Waals surface area contributed by atoms with Crippen LogP contribution in [-0.2, 0) is 14.3 Å². The molecule has 3 nitrogen and oxygen atoms in total. The number of ether oxygens (including phenoxy) is 2. The molecule has 2 spiro atoms. The third-order valence-corrected chi connectivity index (χ3v) is 11.2. The summed E-state index contributed by atoms with van der Waals surface area (Å²) in [6, 6.07) is 0. The van der Waals surface area contributed by atoms with Gasteiger partial charge in [0.15, 0.2) is 0 Å². The van der Waals surface area contributed by atoms with E-state index in [0.717, 1.165) is 30.1 Å². The molecule has 0 aromatic carbocycles. The first-order valence-electron chi connectivity index (χ1n) is 11.0. The third-order valence-electron chi connectivity index (χ3n) is 11.2. The molecule has 10 atom stereocenters. The van der Waals surface area contributed by atoms with Crippen LogP contribution in [0.1, 0.15) is 72.1 Å². The fourth-order valence-electron chi connectivity index (χ4n) is 10.1. The van der Waals surface area contributed by atoms with Gasteiger partial charge in [-0.1, -0.05) is 13.8 Å². The van der Waals surface area contributed by atoms with Crippen molar-refractivity contribution in [3.63, 3.8) is 0 Å². The molecule has 6 aliphatic rings. The van der Waals surface area contributed by atoms with Crippen molar-refractivity contribution in [2.24, 2.45) is 45.3 Å². The molecule has 0 N–H and O–H groups in total. The molecule has 0 radical (unpaired) electrons. The van der Waals surface area contributed by atoms with Gasteiger partial charge in [0.2, 0.25) is 0 Å². The summed E-state index contributed by atoms with van der Waals surface area (Å²) in [5.74, 6) is 3.30. The maximum Gasteiger partial charge on any atom is 0.302 e. The molecule has 6 fully saturated rings. The van der Waals surface area contributed by atoms with Crippen LogP contribution in [-0.4, -0.2) is 25.3 Å². The van der Waals surface area contributed by atoms with Gasteiger partial charge in [0, 0.05) is 24.9 Å². The van der Waals surface area contributed by atoms with Crippen LogP contribution in [0.4, 0.5) is 0 Å². The molecule has 6 aliphatic carbocycles. The molecule has 0 amide bonds. The van der Waals surface area contributed by atoms with Crippen molar-refractivity contribution >= 4 is 5.97 Å². The van der Waals surface area contributed by atoms with Gasteiger partial charge >= 0.3 is 5.97 Å². The normalized spacial score (nSPS) is 63.8. The van der Waals surface area contributed by atoms with Gasteiger partial charge < -0.3 is 9.47 Å². The largest absolute Gasteiger partial charge is 0.462 e. The predicted molar refractivity (Wildman–Crippen MR) is 98.3 cm³/mol. The van der Waals surface area contributed by atoms with E-state index in [-0.39, 0.29) is 17.5 Å². The number of methoxy groups -OCH3 is 1. The van der Waals surface area contributed by atoms with E-state index < -0.39 is 0 Å². The minimum absolute atomic E-state index is 0.0873. The van der Waals surface area contributed by atoms with Crippen LogP contribution in [0.15, 0.2) is 0 Å². The minimum Gasteiger partial charge on any atom is -0.462 e. The average Bonchev–Trinajstić information content (AvgIpc) is 3.45. The lowest BCUT2D eigenvalue weighted by Gasteiger charge is -2.61. The maximum atomic E-state index is 11.7. The van der Waals surface area contributed by atoms with E-state index >= 15 is 0 Å². The fraction of sp³-hybridized carbons (Fsp3) is 0.957. The molecule has 0 saturated heterocycles. The van der Waals surface area contributed by atoms with Crippen molar-refractivity contribution in [1.82, 2.24) is 0 Å². The van der Waals surface area contributed by atoms with Gasteiger partial charge in [-0.15, -0.1) is 0 Å². The number of carbonyl (C=O) groups is 1. The summed E-state index contributed by atoms with van der Waals surface area (Å²) in [5.41, 5.74) is 1.63. The summed E-state index contributed by atoms with van der Waals surface area (Å²) in [6.07, 6.45) is 11.3. The van der Waals surface area contributed by atoms with E-state index in [9.17, 15) is 4.79 Å². The summed E-state index contributed by atoms with van der Waals surface area (Å²) in [6.45, 7) is 6.69. The molecule has 0 heterocycles. The molecule has 0 aliphatic heterocycles. The Morgan fingerprint density at radius 1 is 0.885 bits per heavy atom. The molecule has 144 valence electrons. The molecule has 0 unspecified atom stereocenters. The highest BCUT2D eigenvalue weighted by atomic mass is 16.5. The lowest BCUT2D eigenvalue weighted by Crippen LogP contribution is -2.59. The first kappa shape index (κ1) is 16.4. The first-order chi connectivity index (χ1) is 12.3. The Bertz CT molecular complexity index is 689. The van der Waals surface area contributed by atoms with Crippen molar-refractivity contribution in [2.45, 2.75) is 84.3 Å². The lowest BCUT2D eigenvalue weighted by molar-refractivity contribution is -0.187. The van der Waals surface area contributed by atoms with E-state index in [1.807, 2.05) is 7.11 Å². The molecule has 0 aromatic heterocycles. The zero-order valence-corrected chi connectivity index (χ0v) is 16.8. The molecule has 0 aromatic rings. The summed E-state index contributed by atoms with van der Waals surface area (Å²) in [5, 5.41) is 0. The quantitative estimate of drug-likeness (QED) is 0.678. The Balaban J connectivity index is 1.41. The van der Waals surface area contributed by atoms with Gasteiger partial charge in [-0.3, -0.25) is 4.79 Å². The van der Waals surface area contributed by atoms with Crippen LogP contribution in [0, 0.1) is 45.3 Å². The van der Waals surface area contributed by atoms with Crippen LogP contribution in [0.5, 0.6) is 0 Å². The van der Waals surface area contributed by atoms with Crippen LogP contribution < -0.4 is 0 Å². The third kappa shape index (κ3) is 1.47. The number of hydrogen-bond donors (Lipinski definition) is 0. The van der Waals surface area contributed by atoms with E-state index in [1.54, 1.807) is 6.92 Å². The molecule has 0 bridgehead atoms. The summed E-state index contributed by atoms with van der Waals surface area (Å²) in [4.78, 5) is 11.7. The Morgan fingerprint density at radius 2 is 1.62 bits per heavy atom. The zero-order valence-electron chi connectivity index (χ0n) is 16.8. The van der Waals surface area contributed by atoms with Crippen molar-refractivity contribution < 1.29 is 14.3 Å². The monoisotopic (exact) mass is 358 g/mol. The predicted octanol–water partition coefficient (Wildman–Crippen LogP) is 4.59. The number of rotatable bonds is 2. The second-order valence-electron chi connectivity index (χ2n) is 11.3. The van der Waals surface area contributed by atoms with E-state index in [0.29, 0.717) is 22.3 Å². The second kappa shape index (κ2) is 4.53. The van der Waals surface area contributed by atoms with Gasteiger partial charge in [0.1, 0.15) is 6.10 Å². The molecular formula is C23H34O3. The molecular weight excluding hydrogens is 324 g/mol.